The molecule has 0 aliphatic carbocycles. The highest BCUT2D eigenvalue weighted by atomic mass is 28.3. The maximum Gasteiger partial charge on any atom is 0.0441 e. The minimum absolute atomic E-state index is 0.0905. The zero-order chi connectivity index (χ0) is 39.9. The van der Waals surface area contributed by atoms with E-state index in [-0.39, 0.29) is 10.8 Å². The predicted molar refractivity (Wildman–Crippen MR) is 243 cm³/mol. The maximum absolute atomic E-state index is 4.29. The molecule has 6 nitrogen and oxygen atoms in total. The van der Waals surface area contributed by atoms with Gasteiger partial charge in [-0.2, -0.15) is 10.4 Å². The summed E-state index contributed by atoms with van der Waals surface area (Å²) in [6.07, 6.45) is 22.2. The van der Waals surface area contributed by atoms with Gasteiger partial charge in [-0.05, 0) is 83.3 Å². The van der Waals surface area contributed by atoms with Crippen LogP contribution < -0.4 is 20.2 Å². The number of hydrogen-bond acceptors (Lipinski definition) is 6. The second-order valence-corrected chi connectivity index (χ2v) is 22.1. The molecule has 57 heavy (non-hydrogen) atoms. The second kappa shape index (κ2) is 17.6. The number of hydrogen-bond donors (Lipinski definition) is 0. The number of aromatic nitrogens is 4. The van der Waals surface area contributed by atoms with Gasteiger partial charge in [0, 0.05) is 85.4 Å². The van der Waals surface area contributed by atoms with Crippen molar-refractivity contribution < 1.29 is 0 Å². The Bertz CT molecular complexity index is 1940. The number of benzene rings is 2. The molecule has 2 aromatic carbocycles. The van der Waals surface area contributed by atoms with Gasteiger partial charge in [-0.3, -0.25) is 19.9 Å². The minimum atomic E-state index is -2.16. The van der Waals surface area contributed by atoms with Gasteiger partial charge in [0.25, 0.3) is 0 Å². The van der Waals surface area contributed by atoms with Crippen LogP contribution in [-0.2, 0) is 10.8 Å². The molecule has 7 heteroatoms. The Labute approximate surface area is 342 Å². The zero-order valence-electron chi connectivity index (χ0n) is 35.0. The van der Waals surface area contributed by atoms with E-state index in [2.05, 4.69) is 156 Å². The molecule has 7 rings (SSSR count). The molecular weight excluding hydrogens is 713 g/mol. The summed E-state index contributed by atoms with van der Waals surface area (Å²) in [7, 11) is -2.16. The SMILES string of the molecule is CC(C)(C)c1ccc2c(c1)[Si-](CCCCCN(c1ccncc1)c1ccncc1)(CCCCCN(c1ccncc1)c1ccncc1)c1cc(C(C)(C)C)ccc1-2. The summed E-state index contributed by atoms with van der Waals surface area (Å²) in [5.41, 5.74) is 10.8. The third-order valence-corrected chi connectivity index (χ3v) is 17.3. The van der Waals surface area contributed by atoms with Crippen molar-refractivity contribution >= 4 is 41.2 Å². The van der Waals surface area contributed by atoms with Crippen molar-refractivity contribution in [2.75, 3.05) is 22.9 Å². The van der Waals surface area contributed by atoms with E-state index in [1.54, 1.807) is 10.4 Å². The van der Waals surface area contributed by atoms with Crippen LogP contribution in [0.15, 0.2) is 135 Å². The van der Waals surface area contributed by atoms with Crippen molar-refractivity contribution in [3.05, 3.63) is 146 Å². The lowest BCUT2D eigenvalue weighted by molar-refractivity contribution is 0.590. The third-order valence-electron chi connectivity index (χ3n) is 12.0. The molecule has 6 aromatic rings. The lowest BCUT2D eigenvalue weighted by Gasteiger charge is -2.44. The van der Waals surface area contributed by atoms with Gasteiger partial charge in [0.2, 0.25) is 0 Å². The van der Waals surface area contributed by atoms with Crippen LogP contribution in [0.4, 0.5) is 22.7 Å². The largest absolute Gasteiger partial charge is 0.341 e. The van der Waals surface area contributed by atoms with Gasteiger partial charge in [0.05, 0.1) is 0 Å². The van der Waals surface area contributed by atoms with E-state index < -0.39 is 8.07 Å². The number of unbranched alkanes of at least 4 members (excludes halogenated alkanes) is 4. The van der Waals surface area contributed by atoms with E-state index in [0.717, 1.165) is 25.9 Å². The number of fused-ring (bicyclic) bond motifs is 3. The molecule has 0 saturated carbocycles. The molecule has 0 bridgehead atoms. The average molecular weight is 773 g/mol. The van der Waals surface area contributed by atoms with Gasteiger partial charge in [0.15, 0.2) is 0 Å². The molecule has 0 unspecified atom stereocenters. The fourth-order valence-corrected chi connectivity index (χ4v) is 14.4. The van der Waals surface area contributed by atoms with Gasteiger partial charge in [-0.25, -0.2) is 0 Å². The van der Waals surface area contributed by atoms with Crippen LogP contribution in [0.3, 0.4) is 0 Å². The van der Waals surface area contributed by atoms with Gasteiger partial charge in [0.1, 0.15) is 0 Å². The Morgan fingerprint density at radius 3 is 1.02 bits per heavy atom. The van der Waals surface area contributed by atoms with E-state index in [1.165, 1.54) is 82.8 Å². The van der Waals surface area contributed by atoms with E-state index >= 15 is 0 Å². The first kappa shape index (κ1) is 40.1. The quantitative estimate of drug-likeness (QED) is 0.0721. The summed E-state index contributed by atoms with van der Waals surface area (Å²) in [5.74, 6) is 0. The highest BCUT2D eigenvalue weighted by Crippen LogP contribution is 2.39. The average Bonchev–Trinajstić information content (AvgIpc) is 3.49. The summed E-state index contributed by atoms with van der Waals surface area (Å²) in [6.45, 7) is 16.1. The van der Waals surface area contributed by atoms with Crippen LogP contribution in [0, 0.1) is 0 Å². The molecule has 0 spiro atoms. The first-order valence-corrected chi connectivity index (χ1v) is 23.4. The van der Waals surface area contributed by atoms with Crippen LogP contribution >= 0.6 is 0 Å². The van der Waals surface area contributed by atoms with Crippen molar-refractivity contribution in [1.82, 2.24) is 19.9 Å². The number of anilines is 4. The molecule has 0 saturated heterocycles. The van der Waals surface area contributed by atoms with Crippen LogP contribution in [-0.4, -0.2) is 41.1 Å². The molecule has 4 aromatic heterocycles. The molecule has 1 aliphatic heterocycles. The molecule has 5 heterocycles. The topological polar surface area (TPSA) is 58.0 Å². The summed E-state index contributed by atoms with van der Waals surface area (Å²) in [5, 5.41) is 3.36. The fourth-order valence-electron chi connectivity index (χ4n) is 8.75. The molecule has 295 valence electrons. The fraction of sp³-hybridized carbons (Fsp3) is 0.360. The highest BCUT2D eigenvalue weighted by Gasteiger charge is 2.35. The minimum Gasteiger partial charge on any atom is -0.341 e. The van der Waals surface area contributed by atoms with E-state index in [9.17, 15) is 0 Å². The first-order chi connectivity index (χ1) is 27.5. The summed E-state index contributed by atoms with van der Waals surface area (Å²) in [6, 6.07) is 34.5. The normalized spacial score (nSPS) is 13.2. The highest BCUT2D eigenvalue weighted by molar-refractivity contribution is 7.05. The van der Waals surface area contributed by atoms with Crippen LogP contribution in [0.25, 0.3) is 11.1 Å². The van der Waals surface area contributed by atoms with Crippen molar-refractivity contribution in [2.45, 2.75) is 103 Å². The van der Waals surface area contributed by atoms with Crippen molar-refractivity contribution in [3.8, 4) is 11.1 Å². The lowest BCUT2D eigenvalue weighted by Crippen LogP contribution is -2.55. The molecule has 0 amide bonds. The Morgan fingerprint density at radius 1 is 0.404 bits per heavy atom. The van der Waals surface area contributed by atoms with E-state index in [0.29, 0.717) is 0 Å². The monoisotopic (exact) mass is 772 g/mol. The molecular formula is C50H60N6Si-. The van der Waals surface area contributed by atoms with Crippen LogP contribution in [0.2, 0.25) is 12.1 Å². The Balaban J connectivity index is 1.16. The van der Waals surface area contributed by atoms with Gasteiger partial charge >= 0.3 is 0 Å². The molecule has 0 atom stereocenters. The number of nitrogens with zero attached hydrogens (tertiary/aromatic N) is 6. The number of pyridine rings is 4. The van der Waals surface area contributed by atoms with Gasteiger partial charge in [-0.15, -0.1) is 12.1 Å². The smallest absolute Gasteiger partial charge is 0.0441 e. The Morgan fingerprint density at radius 2 is 0.719 bits per heavy atom. The molecule has 1 aliphatic rings. The lowest BCUT2D eigenvalue weighted by atomic mass is 9.85. The summed E-state index contributed by atoms with van der Waals surface area (Å²) < 4.78 is 0. The molecule has 0 fully saturated rings. The van der Waals surface area contributed by atoms with Crippen molar-refractivity contribution in [3.63, 3.8) is 0 Å². The van der Waals surface area contributed by atoms with Gasteiger partial charge in [-0.1, -0.05) is 123 Å². The third kappa shape index (κ3) is 9.20. The Hall–Kier alpha value is -5.14. The van der Waals surface area contributed by atoms with Crippen molar-refractivity contribution in [1.29, 1.82) is 0 Å². The molecule has 0 N–H and O–H groups in total. The first-order valence-electron chi connectivity index (χ1n) is 21.0. The zero-order valence-corrected chi connectivity index (χ0v) is 36.0. The predicted octanol–water partition coefficient (Wildman–Crippen LogP) is 11.4. The van der Waals surface area contributed by atoms with Gasteiger partial charge < -0.3 is 9.80 Å². The van der Waals surface area contributed by atoms with E-state index in [1.807, 2.05) is 49.6 Å². The van der Waals surface area contributed by atoms with Crippen LogP contribution in [0.5, 0.6) is 0 Å². The van der Waals surface area contributed by atoms with Crippen molar-refractivity contribution in [2.24, 2.45) is 0 Å². The maximum atomic E-state index is 4.29. The molecule has 0 radical (unpaired) electrons. The Kier molecular flexibility index (Phi) is 12.3. The summed E-state index contributed by atoms with van der Waals surface area (Å²) in [4.78, 5) is 22.0. The van der Waals surface area contributed by atoms with E-state index in [4.69, 9.17) is 0 Å². The van der Waals surface area contributed by atoms with Crippen LogP contribution in [0.1, 0.15) is 91.2 Å². The summed E-state index contributed by atoms with van der Waals surface area (Å²) >= 11 is 0. The second-order valence-electron chi connectivity index (χ2n) is 17.8. The standard InChI is InChI=1S/C50H60N6Si/c1-49(2,3)39-13-15-45-46-16-14-40(50(4,5)6)38-48(46)57(47(45)37-39,35-11-7-9-33-55(41-17-25-51-26-18-41)42-19-27-52-28-20-42)36-12-8-10-34-56(43-21-29-53-30-22-43)44-23-31-54-32-24-44/h13-32,37-38H,7-12,33-36H2,1-6H3/q-1. The number of rotatable bonds is 16.